The van der Waals surface area contributed by atoms with Crippen LogP contribution >= 0.6 is 11.6 Å². The van der Waals surface area contributed by atoms with Crippen LogP contribution in [-0.2, 0) is 0 Å². The average Bonchev–Trinajstić information content (AvgIpc) is 2.77. The molecule has 16 heavy (non-hydrogen) atoms. The quantitative estimate of drug-likeness (QED) is 0.833. The number of hydrogen-bond acceptors (Lipinski definition) is 1. The van der Waals surface area contributed by atoms with E-state index in [9.17, 15) is 4.39 Å². The van der Waals surface area contributed by atoms with Crippen LogP contribution < -0.4 is 5.73 Å². The molecule has 0 heterocycles. The van der Waals surface area contributed by atoms with Gasteiger partial charge in [0.1, 0.15) is 5.82 Å². The summed E-state index contributed by atoms with van der Waals surface area (Å²) in [5, 5.41) is 0.461. The second-order valence-electron chi connectivity index (χ2n) is 4.66. The lowest BCUT2D eigenvalue weighted by Crippen LogP contribution is -2.21. The highest BCUT2D eigenvalue weighted by Crippen LogP contribution is 2.38. The van der Waals surface area contributed by atoms with E-state index in [4.69, 9.17) is 17.3 Å². The number of rotatable bonds is 2. The van der Waals surface area contributed by atoms with Crippen molar-refractivity contribution in [1.82, 2.24) is 0 Å². The van der Waals surface area contributed by atoms with Crippen molar-refractivity contribution in [3.05, 3.63) is 34.1 Å². The summed E-state index contributed by atoms with van der Waals surface area (Å²) in [4.78, 5) is 0. The van der Waals surface area contributed by atoms with Crippen LogP contribution in [0.4, 0.5) is 4.39 Å². The number of nitrogens with two attached hydrogens (primary N) is 1. The first-order valence-corrected chi connectivity index (χ1v) is 6.19. The predicted octanol–water partition coefficient (Wildman–Crippen LogP) is 3.98. The standard InChI is InChI=1S/C13H17ClFN/c1-8-6-7-10(14)11(12(8)15)13(16)9-4-2-3-5-9/h6-7,9,13H,2-5,16H2,1H3/t13-/m1/s1. The molecule has 0 bridgehead atoms. The van der Waals surface area contributed by atoms with Gasteiger partial charge in [-0.3, -0.25) is 0 Å². The van der Waals surface area contributed by atoms with Crippen molar-refractivity contribution in [2.75, 3.05) is 0 Å². The Hall–Kier alpha value is -0.600. The summed E-state index contributed by atoms with van der Waals surface area (Å²) in [6.07, 6.45) is 4.57. The molecule has 1 fully saturated rings. The van der Waals surface area contributed by atoms with E-state index in [2.05, 4.69) is 0 Å². The maximum Gasteiger partial charge on any atom is 0.132 e. The molecule has 1 nitrogen and oxygen atoms in total. The van der Waals surface area contributed by atoms with Crippen LogP contribution in [0.15, 0.2) is 12.1 Å². The lowest BCUT2D eigenvalue weighted by Gasteiger charge is -2.21. The number of halogens is 2. The van der Waals surface area contributed by atoms with Gasteiger partial charge < -0.3 is 5.73 Å². The Kier molecular flexibility index (Phi) is 3.50. The molecule has 0 radical (unpaired) electrons. The molecule has 1 atom stereocenters. The van der Waals surface area contributed by atoms with Gasteiger partial charge in [0, 0.05) is 16.6 Å². The van der Waals surface area contributed by atoms with Gasteiger partial charge in [-0.2, -0.15) is 0 Å². The lowest BCUT2D eigenvalue weighted by atomic mass is 9.91. The van der Waals surface area contributed by atoms with Crippen molar-refractivity contribution in [1.29, 1.82) is 0 Å². The van der Waals surface area contributed by atoms with Gasteiger partial charge in [0.25, 0.3) is 0 Å². The Balaban J connectivity index is 2.34. The minimum Gasteiger partial charge on any atom is -0.324 e. The fourth-order valence-corrected chi connectivity index (χ4v) is 2.81. The SMILES string of the molecule is Cc1ccc(Cl)c([C@H](N)C2CCCC2)c1F. The molecule has 0 spiro atoms. The second-order valence-corrected chi connectivity index (χ2v) is 5.07. The molecule has 1 aliphatic rings. The normalized spacial score (nSPS) is 19.0. The molecular weight excluding hydrogens is 225 g/mol. The smallest absolute Gasteiger partial charge is 0.132 e. The van der Waals surface area contributed by atoms with Crippen molar-refractivity contribution in [3.63, 3.8) is 0 Å². The van der Waals surface area contributed by atoms with E-state index in [1.54, 1.807) is 19.1 Å². The minimum absolute atomic E-state index is 0.230. The van der Waals surface area contributed by atoms with E-state index >= 15 is 0 Å². The molecule has 1 aliphatic carbocycles. The molecule has 1 saturated carbocycles. The third-order valence-electron chi connectivity index (χ3n) is 3.56. The molecule has 0 aromatic heterocycles. The molecular formula is C13H17ClFN. The summed E-state index contributed by atoms with van der Waals surface area (Å²) >= 11 is 6.05. The average molecular weight is 242 g/mol. The molecule has 2 rings (SSSR count). The number of benzene rings is 1. The van der Waals surface area contributed by atoms with Gasteiger partial charge in [-0.15, -0.1) is 0 Å². The van der Waals surface area contributed by atoms with Gasteiger partial charge in [0.15, 0.2) is 0 Å². The van der Waals surface area contributed by atoms with Gasteiger partial charge in [-0.1, -0.05) is 30.5 Å². The summed E-state index contributed by atoms with van der Waals surface area (Å²) in [5.41, 5.74) is 7.27. The zero-order valence-corrected chi connectivity index (χ0v) is 10.2. The van der Waals surface area contributed by atoms with Gasteiger partial charge >= 0.3 is 0 Å². The second kappa shape index (κ2) is 4.72. The summed E-state index contributed by atoms with van der Waals surface area (Å²) < 4.78 is 14.0. The third-order valence-corrected chi connectivity index (χ3v) is 3.89. The molecule has 1 aromatic carbocycles. The monoisotopic (exact) mass is 241 g/mol. The maximum absolute atomic E-state index is 14.0. The van der Waals surface area contributed by atoms with Crippen LogP contribution in [0.3, 0.4) is 0 Å². The van der Waals surface area contributed by atoms with Crippen LogP contribution in [-0.4, -0.2) is 0 Å². The highest BCUT2D eigenvalue weighted by Gasteiger charge is 2.27. The van der Waals surface area contributed by atoms with Crippen molar-refractivity contribution in [2.24, 2.45) is 11.7 Å². The van der Waals surface area contributed by atoms with Gasteiger partial charge in [-0.25, -0.2) is 4.39 Å². The molecule has 0 unspecified atom stereocenters. The lowest BCUT2D eigenvalue weighted by molar-refractivity contribution is 0.428. The first-order chi connectivity index (χ1) is 7.61. The molecule has 0 saturated heterocycles. The summed E-state index contributed by atoms with van der Waals surface area (Å²) in [7, 11) is 0. The van der Waals surface area contributed by atoms with E-state index in [1.807, 2.05) is 0 Å². The van der Waals surface area contributed by atoms with Gasteiger partial charge in [0.05, 0.1) is 0 Å². The van der Waals surface area contributed by atoms with Crippen LogP contribution in [0, 0.1) is 18.7 Å². The molecule has 88 valence electrons. The van der Waals surface area contributed by atoms with Gasteiger partial charge in [-0.05, 0) is 37.3 Å². The topological polar surface area (TPSA) is 26.0 Å². The summed E-state index contributed by atoms with van der Waals surface area (Å²) in [6.45, 7) is 1.75. The number of aryl methyl sites for hydroxylation is 1. The van der Waals surface area contributed by atoms with Crippen molar-refractivity contribution < 1.29 is 4.39 Å². The fraction of sp³-hybridized carbons (Fsp3) is 0.538. The molecule has 0 amide bonds. The Morgan fingerprint density at radius 3 is 2.62 bits per heavy atom. The van der Waals surface area contributed by atoms with Crippen molar-refractivity contribution in [3.8, 4) is 0 Å². The Morgan fingerprint density at radius 2 is 2.00 bits per heavy atom. The molecule has 0 aliphatic heterocycles. The van der Waals surface area contributed by atoms with E-state index in [-0.39, 0.29) is 11.9 Å². The Labute approximate surface area is 101 Å². The zero-order chi connectivity index (χ0) is 11.7. The van der Waals surface area contributed by atoms with Crippen LogP contribution in [0.2, 0.25) is 5.02 Å². The molecule has 2 N–H and O–H groups in total. The van der Waals surface area contributed by atoms with E-state index in [0.717, 1.165) is 12.8 Å². The predicted molar refractivity (Wildman–Crippen MR) is 65.0 cm³/mol. The van der Waals surface area contributed by atoms with Gasteiger partial charge in [0.2, 0.25) is 0 Å². The maximum atomic E-state index is 14.0. The third kappa shape index (κ3) is 2.09. The van der Waals surface area contributed by atoms with Crippen LogP contribution in [0.25, 0.3) is 0 Å². The number of hydrogen-bond donors (Lipinski definition) is 1. The van der Waals surface area contributed by atoms with E-state index in [1.165, 1.54) is 12.8 Å². The highest BCUT2D eigenvalue weighted by atomic mass is 35.5. The molecule has 1 aromatic rings. The van der Waals surface area contributed by atoms with E-state index < -0.39 is 0 Å². The fourth-order valence-electron chi connectivity index (χ4n) is 2.54. The highest BCUT2D eigenvalue weighted by molar-refractivity contribution is 6.31. The Bertz CT molecular complexity index is 386. The summed E-state index contributed by atoms with van der Waals surface area (Å²) in [5.74, 6) is 0.153. The first-order valence-electron chi connectivity index (χ1n) is 5.81. The Morgan fingerprint density at radius 1 is 1.38 bits per heavy atom. The minimum atomic E-state index is -0.255. The summed E-state index contributed by atoms with van der Waals surface area (Å²) in [6, 6.07) is 3.18. The van der Waals surface area contributed by atoms with Crippen molar-refractivity contribution >= 4 is 11.6 Å². The first kappa shape index (κ1) is 11.9. The van der Waals surface area contributed by atoms with Crippen LogP contribution in [0.1, 0.15) is 42.9 Å². The van der Waals surface area contributed by atoms with Crippen LogP contribution in [0.5, 0.6) is 0 Å². The largest absolute Gasteiger partial charge is 0.324 e. The van der Waals surface area contributed by atoms with E-state index in [0.29, 0.717) is 22.1 Å². The zero-order valence-electron chi connectivity index (χ0n) is 9.47. The van der Waals surface area contributed by atoms with Crippen molar-refractivity contribution in [2.45, 2.75) is 38.6 Å². The molecule has 3 heteroatoms.